The lowest BCUT2D eigenvalue weighted by Crippen LogP contribution is -1.96. The predicted octanol–water partition coefficient (Wildman–Crippen LogP) is 1.69. The van der Waals surface area contributed by atoms with E-state index in [0.717, 1.165) is 11.4 Å². The first-order chi connectivity index (χ1) is 6.16. The Kier molecular flexibility index (Phi) is 1.84. The molecule has 0 atom stereocenters. The molecule has 13 heavy (non-hydrogen) atoms. The van der Waals surface area contributed by atoms with E-state index in [1.165, 1.54) is 0 Å². The molecule has 0 spiro atoms. The van der Waals surface area contributed by atoms with Crippen molar-refractivity contribution < 1.29 is 0 Å². The zero-order chi connectivity index (χ0) is 9.42. The third-order valence-corrected chi connectivity index (χ3v) is 1.99. The van der Waals surface area contributed by atoms with Crippen molar-refractivity contribution in [3.05, 3.63) is 22.9 Å². The topological polar surface area (TPSA) is 51.6 Å². The molecule has 0 amide bonds. The molecule has 2 aromatic heterocycles. The van der Waals surface area contributed by atoms with Gasteiger partial charge in [-0.2, -0.15) is 4.98 Å². The Morgan fingerprint density at radius 1 is 1.08 bits per heavy atom. The average Bonchev–Trinajstić information content (AvgIpc) is 2.08. The van der Waals surface area contributed by atoms with Gasteiger partial charge in [0.05, 0.1) is 17.6 Å². The van der Waals surface area contributed by atoms with Gasteiger partial charge in [0.25, 0.3) is 0 Å². The monoisotopic (exact) mass is 194 g/mol. The third-order valence-electron chi connectivity index (χ3n) is 1.81. The summed E-state index contributed by atoms with van der Waals surface area (Å²) in [5.74, 6) is 0. The van der Waals surface area contributed by atoms with Crippen LogP contribution in [0.25, 0.3) is 11.2 Å². The number of hydrogen-bond acceptors (Lipinski definition) is 4. The first-order valence-corrected chi connectivity index (χ1v) is 4.18. The molecule has 2 rings (SSSR count). The molecule has 0 aliphatic carbocycles. The first-order valence-electron chi connectivity index (χ1n) is 3.80. The van der Waals surface area contributed by atoms with Crippen LogP contribution in [0, 0.1) is 13.8 Å². The van der Waals surface area contributed by atoms with Gasteiger partial charge in [-0.25, -0.2) is 15.0 Å². The highest BCUT2D eigenvalue weighted by molar-refractivity contribution is 6.28. The zero-order valence-corrected chi connectivity index (χ0v) is 8.00. The molecule has 0 radical (unpaired) electrons. The molecular weight excluding hydrogens is 188 g/mol. The molecule has 2 aromatic rings. The maximum absolute atomic E-state index is 5.62. The third kappa shape index (κ3) is 1.45. The Labute approximate surface area is 80.0 Å². The molecule has 66 valence electrons. The van der Waals surface area contributed by atoms with Crippen LogP contribution in [-0.4, -0.2) is 19.9 Å². The van der Waals surface area contributed by atoms with Gasteiger partial charge in [0.1, 0.15) is 5.52 Å². The maximum Gasteiger partial charge on any atom is 0.224 e. The van der Waals surface area contributed by atoms with Crippen LogP contribution >= 0.6 is 11.6 Å². The summed E-state index contributed by atoms with van der Waals surface area (Å²) in [6.07, 6.45) is 1.57. The second kappa shape index (κ2) is 2.88. The summed E-state index contributed by atoms with van der Waals surface area (Å²) in [6, 6.07) is 0. The lowest BCUT2D eigenvalue weighted by molar-refractivity contribution is 1.06. The molecule has 2 heterocycles. The minimum Gasteiger partial charge on any atom is -0.246 e. The summed E-state index contributed by atoms with van der Waals surface area (Å²) in [6.45, 7) is 3.79. The quantitative estimate of drug-likeness (QED) is 0.599. The van der Waals surface area contributed by atoms with Gasteiger partial charge >= 0.3 is 0 Å². The van der Waals surface area contributed by atoms with E-state index < -0.39 is 0 Å². The van der Waals surface area contributed by atoms with Crippen LogP contribution in [0.3, 0.4) is 0 Å². The van der Waals surface area contributed by atoms with Crippen molar-refractivity contribution in [2.24, 2.45) is 0 Å². The van der Waals surface area contributed by atoms with Crippen molar-refractivity contribution >= 4 is 22.8 Å². The Hall–Kier alpha value is -1.29. The summed E-state index contributed by atoms with van der Waals surface area (Å²) in [4.78, 5) is 16.3. The van der Waals surface area contributed by atoms with Gasteiger partial charge in [-0.1, -0.05) is 0 Å². The average molecular weight is 195 g/mol. The predicted molar refractivity (Wildman–Crippen MR) is 49.6 cm³/mol. The van der Waals surface area contributed by atoms with E-state index in [4.69, 9.17) is 11.6 Å². The van der Waals surface area contributed by atoms with Gasteiger partial charge in [-0.05, 0) is 25.4 Å². The van der Waals surface area contributed by atoms with Gasteiger partial charge in [0.15, 0.2) is 5.65 Å². The zero-order valence-electron chi connectivity index (χ0n) is 7.24. The fraction of sp³-hybridized carbons (Fsp3) is 0.250. The minimum atomic E-state index is 0.199. The van der Waals surface area contributed by atoms with Gasteiger partial charge < -0.3 is 0 Å². The van der Waals surface area contributed by atoms with E-state index in [9.17, 15) is 0 Å². The Balaban J connectivity index is 2.81. The molecule has 0 bridgehead atoms. The summed E-state index contributed by atoms with van der Waals surface area (Å²) < 4.78 is 0. The van der Waals surface area contributed by atoms with E-state index in [-0.39, 0.29) is 5.28 Å². The van der Waals surface area contributed by atoms with Crippen LogP contribution in [0.1, 0.15) is 11.4 Å². The number of aryl methyl sites for hydroxylation is 2. The number of rotatable bonds is 0. The van der Waals surface area contributed by atoms with Crippen molar-refractivity contribution in [2.75, 3.05) is 0 Å². The molecule has 0 aromatic carbocycles. The molecule has 5 heteroatoms. The highest BCUT2D eigenvalue weighted by Crippen LogP contribution is 2.10. The van der Waals surface area contributed by atoms with Crippen molar-refractivity contribution in [3.63, 3.8) is 0 Å². The Morgan fingerprint density at radius 3 is 2.54 bits per heavy atom. The van der Waals surface area contributed by atoms with Crippen LogP contribution in [0.4, 0.5) is 0 Å². The number of nitrogens with zero attached hydrogens (tertiary/aromatic N) is 4. The Bertz CT molecular complexity index is 469. The largest absolute Gasteiger partial charge is 0.246 e. The summed E-state index contributed by atoms with van der Waals surface area (Å²) in [5.41, 5.74) is 2.97. The lowest BCUT2D eigenvalue weighted by Gasteiger charge is -2.00. The van der Waals surface area contributed by atoms with E-state index >= 15 is 0 Å². The highest BCUT2D eigenvalue weighted by Gasteiger charge is 2.03. The molecular formula is C8H7ClN4. The van der Waals surface area contributed by atoms with E-state index in [1.54, 1.807) is 6.20 Å². The van der Waals surface area contributed by atoms with E-state index in [1.807, 2.05) is 13.8 Å². The van der Waals surface area contributed by atoms with Crippen LogP contribution in [0.5, 0.6) is 0 Å². The van der Waals surface area contributed by atoms with Crippen molar-refractivity contribution in [3.8, 4) is 0 Å². The molecule has 0 aliphatic heterocycles. The normalized spacial score (nSPS) is 10.7. The Morgan fingerprint density at radius 2 is 1.77 bits per heavy atom. The van der Waals surface area contributed by atoms with E-state index in [0.29, 0.717) is 11.2 Å². The molecule has 0 aliphatic rings. The first kappa shape index (κ1) is 8.31. The molecule has 4 nitrogen and oxygen atoms in total. The van der Waals surface area contributed by atoms with Crippen LogP contribution in [-0.2, 0) is 0 Å². The van der Waals surface area contributed by atoms with Crippen LogP contribution in [0.15, 0.2) is 6.20 Å². The van der Waals surface area contributed by atoms with Gasteiger partial charge in [-0.3, -0.25) is 0 Å². The van der Waals surface area contributed by atoms with E-state index in [2.05, 4.69) is 19.9 Å². The molecule has 0 fully saturated rings. The molecule has 0 unspecified atom stereocenters. The number of hydrogen-bond donors (Lipinski definition) is 0. The highest BCUT2D eigenvalue weighted by atomic mass is 35.5. The SMILES string of the molecule is Cc1nc2cnc(Cl)nc2nc1C. The van der Waals surface area contributed by atoms with Crippen LogP contribution < -0.4 is 0 Å². The number of fused-ring (bicyclic) bond motifs is 1. The molecule has 0 N–H and O–H groups in total. The van der Waals surface area contributed by atoms with Crippen molar-refractivity contribution in [1.29, 1.82) is 0 Å². The second-order valence-electron chi connectivity index (χ2n) is 2.74. The summed E-state index contributed by atoms with van der Waals surface area (Å²) in [5, 5.41) is 0.199. The molecule has 0 saturated carbocycles. The maximum atomic E-state index is 5.62. The van der Waals surface area contributed by atoms with Crippen molar-refractivity contribution in [1.82, 2.24) is 19.9 Å². The van der Waals surface area contributed by atoms with Gasteiger partial charge in [0, 0.05) is 0 Å². The number of aromatic nitrogens is 4. The summed E-state index contributed by atoms with van der Waals surface area (Å²) >= 11 is 5.62. The van der Waals surface area contributed by atoms with Crippen molar-refractivity contribution in [2.45, 2.75) is 13.8 Å². The minimum absolute atomic E-state index is 0.199. The fourth-order valence-corrected chi connectivity index (χ4v) is 1.14. The summed E-state index contributed by atoms with van der Waals surface area (Å²) in [7, 11) is 0. The number of halogens is 1. The molecule has 0 saturated heterocycles. The van der Waals surface area contributed by atoms with Gasteiger partial charge in [-0.15, -0.1) is 0 Å². The standard InChI is InChI=1S/C8H7ClN4/c1-4-5(2)12-7-6(11-4)3-10-8(9)13-7/h3H,1-2H3. The lowest BCUT2D eigenvalue weighted by atomic mass is 10.3. The smallest absolute Gasteiger partial charge is 0.224 e. The fourth-order valence-electron chi connectivity index (χ4n) is 1.01. The van der Waals surface area contributed by atoms with Crippen LogP contribution in [0.2, 0.25) is 5.28 Å². The van der Waals surface area contributed by atoms with Gasteiger partial charge in [0.2, 0.25) is 5.28 Å². The second-order valence-corrected chi connectivity index (χ2v) is 3.08.